The van der Waals surface area contributed by atoms with E-state index in [1.54, 1.807) is 11.8 Å². The van der Waals surface area contributed by atoms with E-state index in [1.165, 1.54) is 17.7 Å². The van der Waals surface area contributed by atoms with Crippen LogP contribution in [0, 0.1) is 5.82 Å². The molecule has 0 aliphatic heterocycles. The highest BCUT2D eigenvalue weighted by atomic mass is 32.2. The van der Waals surface area contributed by atoms with Crippen molar-refractivity contribution in [2.24, 2.45) is 0 Å². The van der Waals surface area contributed by atoms with E-state index < -0.39 is 5.60 Å². The number of nitrogens with one attached hydrogen (secondary N) is 1. The zero-order valence-corrected chi connectivity index (χ0v) is 12.3. The lowest BCUT2D eigenvalue weighted by Crippen LogP contribution is -2.48. The molecule has 1 aromatic carbocycles. The van der Waals surface area contributed by atoms with Crippen LogP contribution < -0.4 is 5.32 Å². The lowest BCUT2D eigenvalue weighted by molar-refractivity contribution is 0.0756. The molecule has 0 aromatic heterocycles. The van der Waals surface area contributed by atoms with Gasteiger partial charge in [-0.25, -0.2) is 4.39 Å². The molecule has 0 saturated heterocycles. The van der Waals surface area contributed by atoms with Crippen LogP contribution in [0.1, 0.15) is 31.2 Å². The van der Waals surface area contributed by atoms with Gasteiger partial charge in [-0.15, -0.1) is 0 Å². The number of hydrogen-bond acceptors (Lipinski definition) is 3. The van der Waals surface area contributed by atoms with Gasteiger partial charge in [-0.05, 0) is 49.6 Å². The molecule has 106 valence electrons. The fourth-order valence-corrected chi connectivity index (χ4v) is 3.24. The molecule has 1 aromatic rings. The van der Waals surface area contributed by atoms with E-state index in [2.05, 4.69) is 5.32 Å². The van der Waals surface area contributed by atoms with Crippen LogP contribution in [0.25, 0.3) is 0 Å². The van der Waals surface area contributed by atoms with E-state index in [1.807, 2.05) is 25.3 Å². The Morgan fingerprint density at radius 3 is 2.58 bits per heavy atom. The number of halogens is 1. The molecule has 0 amide bonds. The molecular weight excluding hydrogens is 261 g/mol. The summed E-state index contributed by atoms with van der Waals surface area (Å²) in [5.74, 6) is 1.10. The average Bonchev–Trinajstić information content (AvgIpc) is 2.29. The summed E-state index contributed by atoms with van der Waals surface area (Å²) in [7, 11) is 0. The van der Waals surface area contributed by atoms with Crippen LogP contribution in [-0.2, 0) is 0 Å². The van der Waals surface area contributed by atoms with Gasteiger partial charge in [-0.2, -0.15) is 11.8 Å². The average molecular weight is 283 g/mol. The minimum absolute atomic E-state index is 0.175. The molecule has 1 saturated carbocycles. The molecule has 1 atom stereocenters. The van der Waals surface area contributed by atoms with Gasteiger partial charge in [0, 0.05) is 18.3 Å². The second-order valence-corrected chi connectivity index (χ2v) is 6.59. The van der Waals surface area contributed by atoms with Crippen LogP contribution in [0.4, 0.5) is 4.39 Å². The largest absolute Gasteiger partial charge is 0.388 e. The highest BCUT2D eigenvalue weighted by molar-refractivity contribution is 7.98. The number of hydrogen-bond donors (Lipinski definition) is 2. The molecule has 0 heterocycles. The smallest absolute Gasteiger partial charge is 0.123 e. The third-order valence-electron chi connectivity index (χ3n) is 3.71. The fraction of sp³-hybridized carbons (Fsp3) is 0.600. The van der Waals surface area contributed by atoms with Gasteiger partial charge in [0.05, 0.1) is 5.60 Å². The van der Waals surface area contributed by atoms with Crippen LogP contribution in [-0.4, -0.2) is 35.3 Å². The minimum atomic E-state index is -0.639. The van der Waals surface area contributed by atoms with Gasteiger partial charge >= 0.3 is 0 Å². The Morgan fingerprint density at radius 2 is 2.00 bits per heavy atom. The van der Waals surface area contributed by atoms with E-state index in [0.717, 1.165) is 18.6 Å². The number of aliphatic hydroxyl groups is 1. The molecular formula is C15H22FNOS. The minimum Gasteiger partial charge on any atom is -0.388 e. The van der Waals surface area contributed by atoms with Gasteiger partial charge in [0.25, 0.3) is 0 Å². The number of rotatable bonds is 6. The van der Waals surface area contributed by atoms with Crippen LogP contribution in [0.2, 0.25) is 0 Å². The van der Waals surface area contributed by atoms with E-state index in [-0.39, 0.29) is 5.82 Å². The first kappa shape index (κ1) is 14.8. The fourth-order valence-electron chi connectivity index (χ4n) is 2.52. The van der Waals surface area contributed by atoms with Crippen molar-refractivity contribution in [1.29, 1.82) is 0 Å². The van der Waals surface area contributed by atoms with Gasteiger partial charge in [-0.1, -0.05) is 12.1 Å². The number of thioether (sulfide) groups is 1. The van der Waals surface area contributed by atoms with Crippen molar-refractivity contribution in [3.8, 4) is 0 Å². The van der Waals surface area contributed by atoms with Crippen molar-refractivity contribution in [3.63, 3.8) is 0 Å². The van der Waals surface area contributed by atoms with E-state index >= 15 is 0 Å². The van der Waals surface area contributed by atoms with Crippen molar-refractivity contribution < 1.29 is 9.50 Å². The normalized spacial score (nSPS) is 25.7. The zero-order valence-electron chi connectivity index (χ0n) is 11.5. The van der Waals surface area contributed by atoms with Gasteiger partial charge < -0.3 is 10.4 Å². The maximum absolute atomic E-state index is 12.8. The summed E-state index contributed by atoms with van der Waals surface area (Å²) < 4.78 is 12.8. The van der Waals surface area contributed by atoms with Crippen LogP contribution in [0.5, 0.6) is 0 Å². The van der Waals surface area contributed by atoms with Gasteiger partial charge in [0.2, 0.25) is 0 Å². The van der Waals surface area contributed by atoms with Crippen molar-refractivity contribution in [3.05, 3.63) is 35.6 Å². The monoisotopic (exact) mass is 283 g/mol. The molecule has 19 heavy (non-hydrogen) atoms. The zero-order chi connectivity index (χ0) is 13.9. The summed E-state index contributed by atoms with van der Waals surface area (Å²) in [5, 5.41) is 13.5. The third kappa shape index (κ3) is 4.20. The molecule has 0 radical (unpaired) electrons. The highest BCUT2D eigenvalue weighted by Gasteiger charge is 2.31. The molecule has 1 aliphatic rings. The molecule has 1 aliphatic carbocycles. The topological polar surface area (TPSA) is 32.3 Å². The maximum Gasteiger partial charge on any atom is 0.123 e. The Hall–Kier alpha value is -0.580. The predicted molar refractivity (Wildman–Crippen MR) is 79.2 cm³/mol. The van der Waals surface area contributed by atoms with Crippen LogP contribution in [0.3, 0.4) is 0 Å². The molecule has 0 spiro atoms. The molecule has 0 unspecified atom stereocenters. The second-order valence-electron chi connectivity index (χ2n) is 5.73. The van der Waals surface area contributed by atoms with Gasteiger partial charge in [-0.3, -0.25) is 0 Å². The molecule has 2 N–H and O–H groups in total. The summed E-state index contributed by atoms with van der Waals surface area (Å²) in [6, 6.07) is 7.28. The van der Waals surface area contributed by atoms with Gasteiger partial charge in [0.1, 0.15) is 5.82 Å². The van der Waals surface area contributed by atoms with Crippen molar-refractivity contribution >= 4 is 11.8 Å². The highest BCUT2D eigenvalue weighted by Crippen LogP contribution is 2.36. The first-order valence-electron chi connectivity index (χ1n) is 6.70. The molecule has 4 heteroatoms. The van der Waals surface area contributed by atoms with Crippen molar-refractivity contribution in [2.45, 2.75) is 37.3 Å². The summed E-state index contributed by atoms with van der Waals surface area (Å²) in [5.41, 5.74) is 0.579. The maximum atomic E-state index is 12.8. The lowest BCUT2D eigenvalue weighted by atomic mass is 9.76. The standard InChI is InChI=1S/C15H22FNOS/c1-15(18,10-19-2)9-17-14-7-12(8-14)11-3-5-13(16)6-4-11/h3-6,12,14,17-18H,7-10H2,1-2H3/t12?,14?,15-/m0/s1. The summed E-state index contributed by atoms with van der Waals surface area (Å²) in [6.07, 6.45) is 4.14. The number of benzene rings is 1. The summed E-state index contributed by atoms with van der Waals surface area (Å²) in [4.78, 5) is 0. The summed E-state index contributed by atoms with van der Waals surface area (Å²) >= 11 is 1.66. The molecule has 0 bridgehead atoms. The predicted octanol–water partition coefficient (Wildman–Crippen LogP) is 2.78. The Bertz CT molecular complexity index is 401. The molecule has 1 fully saturated rings. The van der Waals surface area contributed by atoms with Crippen LogP contribution in [0.15, 0.2) is 24.3 Å². The third-order valence-corrected chi connectivity index (χ3v) is 4.62. The van der Waals surface area contributed by atoms with Crippen molar-refractivity contribution in [1.82, 2.24) is 5.32 Å². The summed E-state index contributed by atoms with van der Waals surface area (Å²) in [6.45, 7) is 2.50. The Morgan fingerprint density at radius 1 is 1.37 bits per heavy atom. The Kier molecular flexibility index (Phi) is 4.87. The lowest BCUT2D eigenvalue weighted by Gasteiger charge is -2.38. The molecule has 2 nitrogen and oxygen atoms in total. The van der Waals surface area contributed by atoms with Gasteiger partial charge in [0.15, 0.2) is 0 Å². The SMILES string of the molecule is CSC[C@@](C)(O)CNC1CC(c2ccc(F)cc2)C1. The second kappa shape index (κ2) is 6.25. The Labute approximate surface area is 118 Å². The van der Waals surface area contributed by atoms with E-state index in [0.29, 0.717) is 18.5 Å². The van der Waals surface area contributed by atoms with Crippen molar-refractivity contribution in [2.75, 3.05) is 18.6 Å². The van der Waals surface area contributed by atoms with E-state index in [9.17, 15) is 9.50 Å². The Balaban J connectivity index is 1.73. The first-order valence-corrected chi connectivity index (χ1v) is 8.10. The molecule has 2 rings (SSSR count). The van der Waals surface area contributed by atoms with E-state index in [4.69, 9.17) is 0 Å². The quantitative estimate of drug-likeness (QED) is 0.842. The van der Waals surface area contributed by atoms with Crippen LogP contribution >= 0.6 is 11.8 Å². The first-order chi connectivity index (χ1) is 9.00.